The fourth-order valence-corrected chi connectivity index (χ4v) is 0.998. The third-order valence-electron chi connectivity index (χ3n) is 1.67. The highest BCUT2D eigenvalue weighted by Crippen LogP contribution is 2.17. The van der Waals surface area contributed by atoms with Gasteiger partial charge in [0.2, 0.25) is 0 Å². The van der Waals surface area contributed by atoms with Gasteiger partial charge >= 0.3 is 0 Å². The smallest absolute Gasteiger partial charge is 0.278 e. The van der Waals surface area contributed by atoms with Gasteiger partial charge in [0.05, 0.1) is 5.69 Å². The van der Waals surface area contributed by atoms with Crippen molar-refractivity contribution in [1.82, 2.24) is 4.98 Å². The number of aromatic nitrogens is 1. The zero-order valence-corrected chi connectivity index (χ0v) is 6.82. The van der Waals surface area contributed by atoms with Crippen molar-refractivity contribution in [2.24, 2.45) is 0 Å². The Morgan fingerprint density at radius 2 is 2.00 bits per heavy atom. The Hall–Kier alpha value is -1.19. The minimum atomic E-state index is -2.61. The summed E-state index contributed by atoms with van der Waals surface area (Å²) in [6.45, 7) is 2.96. The highest BCUT2D eigenvalue weighted by atomic mass is 19.3. The van der Waals surface area contributed by atoms with E-state index in [1.54, 1.807) is 6.92 Å². The van der Waals surface area contributed by atoms with Crippen LogP contribution in [-0.4, -0.2) is 4.98 Å². The van der Waals surface area contributed by atoms with E-state index in [1.807, 2.05) is 0 Å². The Morgan fingerprint density at radius 3 is 2.50 bits per heavy atom. The number of pyridine rings is 1. The van der Waals surface area contributed by atoms with Crippen LogP contribution in [0.3, 0.4) is 0 Å². The number of hydrogen-bond acceptors (Lipinski definition) is 1. The fourth-order valence-electron chi connectivity index (χ4n) is 0.998. The summed E-state index contributed by atoms with van der Waals surface area (Å²) in [6, 6.07) is 1.31. The summed E-state index contributed by atoms with van der Waals surface area (Å²) in [6.07, 6.45) is -2.61. The molecule has 0 saturated carbocycles. The molecule has 0 saturated heterocycles. The lowest BCUT2D eigenvalue weighted by Gasteiger charge is -2.04. The number of nitrogens with one attached hydrogen (secondary N) is 1. The quantitative estimate of drug-likeness (QED) is 0.691. The van der Waals surface area contributed by atoms with Crippen LogP contribution in [0.2, 0.25) is 0 Å². The van der Waals surface area contributed by atoms with Crippen LogP contribution in [0, 0.1) is 13.8 Å². The van der Waals surface area contributed by atoms with E-state index in [-0.39, 0.29) is 16.7 Å². The van der Waals surface area contributed by atoms with Crippen molar-refractivity contribution in [3.63, 3.8) is 0 Å². The van der Waals surface area contributed by atoms with Crippen LogP contribution in [0.15, 0.2) is 10.9 Å². The molecule has 1 rings (SSSR count). The Labute approximate surface area is 68.2 Å². The van der Waals surface area contributed by atoms with E-state index in [1.165, 1.54) is 13.0 Å². The number of alkyl halides is 2. The van der Waals surface area contributed by atoms with Crippen molar-refractivity contribution < 1.29 is 8.78 Å². The molecule has 0 atom stereocenters. The molecule has 0 aliphatic rings. The summed E-state index contributed by atoms with van der Waals surface area (Å²) < 4.78 is 24.4. The molecule has 1 N–H and O–H groups in total. The van der Waals surface area contributed by atoms with Gasteiger partial charge in [-0.3, -0.25) is 4.79 Å². The van der Waals surface area contributed by atoms with Gasteiger partial charge in [0.25, 0.3) is 6.43 Å². The number of halogens is 2. The molecule has 1 aromatic rings. The maximum atomic E-state index is 12.2. The van der Waals surface area contributed by atoms with Crippen LogP contribution in [0.1, 0.15) is 23.4 Å². The lowest BCUT2D eigenvalue weighted by Crippen LogP contribution is -2.11. The summed E-state index contributed by atoms with van der Waals surface area (Å²) in [4.78, 5) is 13.5. The summed E-state index contributed by atoms with van der Waals surface area (Å²) in [7, 11) is 0. The van der Waals surface area contributed by atoms with Gasteiger partial charge in [-0.1, -0.05) is 0 Å². The molecule has 4 heteroatoms. The molecule has 12 heavy (non-hydrogen) atoms. The second-order valence-corrected chi connectivity index (χ2v) is 2.66. The maximum Gasteiger partial charge on any atom is 0.278 e. The molecule has 2 nitrogen and oxygen atoms in total. The molecule has 0 bridgehead atoms. The Balaban J connectivity index is 3.38. The zero-order valence-electron chi connectivity index (χ0n) is 6.82. The van der Waals surface area contributed by atoms with Crippen molar-refractivity contribution in [3.8, 4) is 0 Å². The van der Waals surface area contributed by atoms with Crippen molar-refractivity contribution in [3.05, 3.63) is 33.2 Å². The average Bonchev–Trinajstić information content (AvgIpc) is 1.96. The van der Waals surface area contributed by atoms with Crippen LogP contribution in [0.5, 0.6) is 0 Å². The molecule has 0 aromatic carbocycles. The van der Waals surface area contributed by atoms with Crippen LogP contribution in [0.25, 0.3) is 0 Å². The monoisotopic (exact) mass is 173 g/mol. The first kappa shape index (κ1) is 8.90. The molecule has 0 aliphatic heterocycles. The molecule has 1 heterocycles. The van der Waals surface area contributed by atoms with Gasteiger partial charge in [-0.2, -0.15) is 0 Å². The second-order valence-electron chi connectivity index (χ2n) is 2.66. The lowest BCUT2D eigenvalue weighted by atomic mass is 10.2. The molecule has 1 aromatic heterocycles. The second kappa shape index (κ2) is 3.05. The highest BCUT2D eigenvalue weighted by molar-refractivity contribution is 5.22. The van der Waals surface area contributed by atoms with Gasteiger partial charge in [-0.15, -0.1) is 0 Å². The van der Waals surface area contributed by atoms with Crippen LogP contribution in [-0.2, 0) is 0 Å². The normalized spacial score (nSPS) is 10.8. The van der Waals surface area contributed by atoms with Gasteiger partial charge in [0.15, 0.2) is 5.43 Å². The topological polar surface area (TPSA) is 32.9 Å². The summed E-state index contributed by atoms with van der Waals surface area (Å²) in [5, 5.41) is 0. The maximum absolute atomic E-state index is 12.2. The summed E-state index contributed by atoms with van der Waals surface area (Å²) >= 11 is 0. The number of rotatable bonds is 1. The van der Waals surface area contributed by atoms with E-state index in [9.17, 15) is 13.6 Å². The predicted octanol–water partition coefficient (Wildman–Crippen LogP) is 1.93. The lowest BCUT2D eigenvalue weighted by molar-refractivity contribution is 0.145. The minimum Gasteiger partial charge on any atom is -0.357 e. The SMILES string of the molecule is Cc1cc(=O)c(C)c(C(F)F)[nH]1. The first-order valence-electron chi connectivity index (χ1n) is 3.51. The first-order valence-corrected chi connectivity index (χ1v) is 3.51. The molecule has 0 radical (unpaired) electrons. The molecular weight excluding hydrogens is 164 g/mol. The van der Waals surface area contributed by atoms with E-state index in [0.29, 0.717) is 5.69 Å². The molecular formula is C8H9F2NO. The summed E-state index contributed by atoms with van der Waals surface area (Å²) in [5.74, 6) is 0. The predicted molar refractivity (Wildman–Crippen MR) is 41.5 cm³/mol. The standard InChI is InChI=1S/C8H9F2NO/c1-4-3-6(12)5(2)7(11-4)8(9)10/h3,8H,1-2H3,(H,11,12). The molecule has 0 fully saturated rings. The van der Waals surface area contributed by atoms with E-state index >= 15 is 0 Å². The van der Waals surface area contributed by atoms with Crippen molar-refractivity contribution >= 4 is 0 Å². The molecule has 66 valence electrons. The zero-order chi connectivity index (χ0) is 9.30. The van der Waals surface area contributed by atoms with Crippen LogP contribution in [0.4, 0.5) is 8.78 Å². The van der Waals surface area contributed by atoms with Crippen molar-refractivity contribution in [2.75, 3.05) is 0 Å². The Morgan fingerprint density at radius 1 is 1.42 bits per heavy atom. The minimum absolute atomic E-state index is 0.0931. The molecule has 0 unspecified atom stereocenters. The summed E-state index contributed by atoms with van der Waals surface area (Å²) in [5.41, 5.74) is -0.0712. The molecule has 0 spiro atoms. The van der Waals surface area contributed by atoms with Crippen LogP contribution >= 0.6 is 0 Å². The Kier molecular flexibility index (Phi) is 2.26. The average molecular weight is 173 g/mol. The van der Waals surface area contributed by atoms with Gasteiger partial charge in [-0.05, 0) is 13.8 Å². The highest BCUT2D eigenvalue weighted by Gasteiger charge is 2.13. The van der Waals surface area contributed by atoms with E-state index < -0.39 is 6.43 Å². The third kappa shape index (κ3) is 1.52. The first-order chi connectivity index (χ1) is 5.52. The third-order valence-corrected chi connectivity index (χ3v) is 1.67. The van der Waals surface area contributed by atoms with E-state index in [2.05, 4.69) is 4.98 Å². The number of hydrogen-bond donors (Lipinski definition) is 1. The van der Waals surface area contributed by atoms with Crippen molar-refractivity contribution in [1.29, 1.82) is 0 Å². The number of aryl methyl sites for hydroxylation is 1. The van der Waals surface area contributed by atoms with Gasteiger partial charge in [0.1, 0.15) is 0 Å². The van der Waals surface area contributed by atoms with Crippen molar-refractivity contribution in [2.45, 2.75) is 20.3 Å². The number of H-pyrrole nitrogens is 1. The molecule has 0 aliphatic carbocycles. The van der Waals surface area contributed by atoms with E-state index in [4.69, 9.17) is 0 Å². The Bertz CT molecular complexity index is 343. The van der Waals surface area contributed by atoms with Gasteiger partial charge in [-0.25, -0.2) is 8.78 Å². The number of aromatic amines is 1. The van der Waals surface area contributed by atoms with Crippen LogP contribution < -0.4 is 5.43 Å². The largest absolute Gasteiger partial charge is 0.357 e. The molecule has 0 amide bonds. The van der Waals surface area contributed by atoms with E-state index in [0.717, 1.165) is 0 Å². The van der Waals surface area contributed by atoms with Gasteiger partial charge in [0, 0.05) is 17.3 Å². The van der Waals surface area contributed by atoms with Gasteiger partial charge < -0.3 is 4.98 Å². The fraction of sp³-hybridized carbons (Fsp3) is 0.375.